The van der Waals surface area contributed by atoms with Gasteiger partial charge in [0.15, 0.2) is 0 Å². The van der Waals surface area contributed by atoms with E-state index in [2.05, 4.69) is 39.5 Å². The van der Waals surface area contributed by atoms with Gasteiger partial charge in [0.2, 0.25) is 0 Å². The minimum absolute atomic E-state index is 0.473. The van der Waals surface area contributed by atoms with Gasteiger partial charge in [-0.1, -0.05) is 63.5 Å². The van der Waals surface area contributed by atoms with Crippen molar-refractivity contribution in [1.29, 1.82) is 0 Å². The van der Waals surface area contributed by atoms with Crippen molar-refractivity contribution in [2.75, 3.05) is 0 Å². The first-order valence-electron chi connectivity index (χ1n) is 12.6. The van der Waals surface area contributed by atoms with E-state index in [1.165, 1.54) is 75.4 Å². The zero-order valence-corrected chi connectivity index (χ0v) is 19.7. The number of allylic oxidation sites excluding steroid dienone is 5. The lowest BCUT2D eigenvalue weighted by molar-refractivity contribution is 0.0393. The summed E-state index contributed by atoms with van der Waals surface area (Å²) in [5, 5.41) is 10.3. The van der Waals surface area contributed by atoms with Crippen molar-refractivity contribution in [3.8, 4) is 0 Å². The van der Waals surface area contributed by atoms with E-state index < -0.39 is 5.60 Å². The molecule has 0 bridgehead atoms. The summed E-state index contributed by atoms with van der Waals surface area (Å²) in [6, 6.07) is 0. The third kappa shape index (κ3) is 5.27. The summed E-state index contributed by atoms with van der Waals surface area (Å²) in [6.07, 6.45) is 21.1. The smallest absolute Gasteiger partial charge is 0.0617 e. The molecule has 0 saturated heterocycles. The molecule has 3 unspecified atom stereocenters. The molecule has 1 N–H and O–H groups in total. The van der Waals surface area contributed by atoms with Crippen LogP contribution in [0.5, 0.6) is 0 Å². The Morgan fingerprint density at radius 2 is 1.93 bits per heavy atom. The highest BCUT2D eigenvalue weighted by Crippen LogP contribution is 2.60. The first-order chi connectivity index (χ1) is 13.8. The molecule has 29 heavy (non-hydrogen) atoms. The van der Waals surface area contributed by atoms with Crippen molar-refractivity contribution >= 4 is 0 Å². The van der Waals surface area contributed by atoms with Crippen LogP contribution in [0.3, 0.4) is 0 Å². The molecule has 0 aromatic rings. The largest absolute Gasteiger partial charge is 0.390 e. The lowest BCUT2D eigenvalue weighted by atomic mass is 9.60. The average molecular weight is 399 g/mol. The van der Waals surface area contributed by atoms with Gasteiger partial charge in [-0.3, -0.25) is 0 Å². The van der Waals surface area contributed by atoms with Gasteiger partial charge in [0.05, 0.1) is 5.60 Å². The molecule has 3 fully saturated rings. The average Bonchev–Trinajstić information content (AvgIpc) is 3.05. The van der Waals surface area contributed by atoms with E-state index >= 15 is 0 Å². The van der Waals surface area contributed by atoms with Gasteiger partial charge in [0.1, 0.15) is 0 Å². The standard InChI is InChI=1S/C28H46O/c1-6-27(4,29)19-9-12-22(3)25-17-18-26-24(14-10-20-28(25,26)5)16-15-23-13-8-7-11-21(23)2/h15-16,22,25-26,29H,2,6-14,17-20H2,1,3-5H3/b23-15-,24-16+/t22-,25?,26?,27?,28-/m1/s1. The molecule has 3 saturated carbocycles. The molecule has 3 rings (SSSR count). The van der Waals surface area contributed by atoms with Crippen LogP contribution in [0.25, 0.3) is 0 Å². The van der Waals surface area contributed by atoms with Crippen molar-refractivity contribution in [3.05, 3.63) is 35.5 Å². The molecule has 0 aliphatic heterocycles. The first kappa shape index (κ1) is 22.9. The Bertz CT molecular complexity index is 637. The summed E-state index contributed by atoms with van der Waals surface area (Å²) in [5.74, 6) is 2.41. The molecule has 3 aliphatic rings. The molecule has 0 aromatic carbocycles. The van der Waals surface area contributed by atoms with Crippen LogP contribution in [-0.4, -0.2) is 10.7 Å². The molecule has 0 aromatic heterocycles. The van der Waals surface area contributed by atoms with Crippen LogP contribution in [0.2, 0.25) is 0 Å². The van der Waals surface area contributed by atoms with E-state index in [1.54, 1.807) is 5.57 Å². The molecular formula is C28H46O. The lowest BCUT2D eigenvalue weighted by Gasteiger charge is -2.44. The summed E-state index contributed by atoms with van der Waals surface area (Å²) in [5.41, 5.74) is 4.64. The molecule has 5 atom stereocenters. The maximum Gasteiger partial charge on any atom is 0.0617 e. The van der Waals surface area contributed by atoms with Crippen LogP contribution >= 0.6 is 0 Å². The second kappa shape index (κ2) is 9.54. The SMILES string of the molecule is C=C1CCCC/C1=C/C=C1\CCC[C@@]2(C)C1CCC2[C@H](C)CCCC(C)(O)CC. The highest BCUT2D eigenvalue weighted by Gasteiger charge is 2.50. The Morgan fingerprint density at radius 1 is 1.17 bits per heavy atom. The lowest BCUT2D eigenvalue weighted by Crippen LogP contribution is -2.36. The quantitative estimate of drug-likeness (QED) is 0.458. The summed E-state index contributed by atoms with van der Waals surface area (Å²) in [4.78, 5) is 0. The summed E-state index contributed by atoms with van der Waals surface area (Å²) in [7, 11) is 0. The topological polar surface area (TPSA) is 20.2 Å². The summed E-state index contributed by atoms with van der Waals surface area (Å²) in [6.45, 7) is 13.5. The maximum atomic E-state index is 10.3. The summed E-state index contributed by atoms with van der Waals surface area (Å²) >= 11 is 0. The maximum absolute atomic E-state index is 10.3. The van der Waals surface area contributed by atoms with E-state index in [1.807, 2.05) is 6.92 Å². The van der Waals surface area contributed by atoms with E-state index in [-0.39, 0.29) is 0 Å². The zero-order chi connectivity index (χ0) is 21.1. The van der Waals surface area contributed by atoms with E-state index in [0.29, 0.717) is 5.41 Å². The molecular weight excluding hydrogens is 352 g/mol. The van der Waals surface area contributed by atoms with Gasteiger partial charge in [-0.15, -0.1) is 0 Å². The number of aliphatic hydroxyl groups is 1. The molecule has 164 valence electrons. The van der Waals surface area contributed by atoms with Gasteiger partial charge in [-0.05, 0) is 106 Å². The van der Waals surface area contributed by atoms with E-state index in [0.717, 1.165) is 37.0 Å². The summed E-state index contributed by atoms with van der Waals surface area (Å²) < 4.78 is 0. The predicted molar refractivity (Wildman–Crippen MR) is 126 cm³/mol. The second-order valence-electron chi connectivity index (χ2n) is 11.1. The van der Waals surface area contributed by atoms with Gasteiger partial charge >= 0.3 is 0 Å². The van der Waals surface area contributed by atoms with Crippen molar-refractivity contribution < 1.29 is 5.11 Å². The third-order valence-electron chi connectivity index (χ3n) is 8.99. The van der Waals surface area contributed by atoms with Crippen LogP contribution < -0.4 is 0 Å². The number of rotatable bonds is 7. The van der Waals surface area contributed by atoms with Gasteiger partial charge in [0.25, 0.3) is 0 Å². The minimum Gasteiger partial charge on any atom is -0.390 e. The fraction of sp³-hybridized carbons (Fsp3) is 0.786. The zero-order valence-electron chi connectivity index (χ0n) is 19.7. The first-order valence-corrected chi connectivity index (χ1v) is 12.6. The van der Waals surface area contributed by atoms with E-state index in [4.69, 9.17) is 0 Å². The predicted octanol–water partition coefficient (Wildman–Crippen LogP) is 8.15. The van der Waals surface area contributed by atoms with Gasteiger partial charge in [-0.2, -0.15) is 0 Å². The van der Waals surface area contributed by atoms with Crippen LogP contribution in [0.15, 0.2) is 35.5 Å². The normalized spacial score (nSPS) is 36.2. The monoisotopic (exact) mass is 398 g/mol. The fourth-order valence-electron chi connectivity index (χ4n) is 6.80. The van der Waals surface area contributed by atoms with Crippen molar-refractivity contribution in [1.82, 2.24) is 0 Å². The molecule has 3 aliphatic carbocycles. The third-order valence-corrected chi connectivity index (χ3v) is 8.99. The number of fused-ring (bicyclic) bond motifs is 1. The minimum atomic E-state index is -0.473. The molecule has 0 heterocycles. The Hall–Kier alpha value is -0.820. The molecule has 1 heteroatoms. The van der Waals surface area contributed by atoms with Crippen LogP contribution in [0, 0.1) is 23.2 Å². The van der Waals surface area contributed by atoms with Gasteiger partial charge in [-0.25, -0.2) is 0 Å². The second-order valence-corrected chi connectivity index (χ2v) is 11.1. The van der Waals surface area contributed by atoms with Crippen molar-refractivity contribution in [2.24, 2.45) is 23.2 Å². The Kier molecular flexibility index (Phi) is 7.52. The molecule has 0 amide bonds. The molecule has 0 spiro atoms. The van der Waals surface area contributed by atoms with E-state index in [9.17, 15) is 5.11 Å². The number of hydrogen-bond donors (Lipinski definition) is 1. The van der Waals surface area contributed by atoms with Gasteiger partial charge in [0, 0.05) is 0 Å². The highest BCUT2D eigenvalue weighted by molar-refractivity contribution is 5.35. The van der Waals surface area contributed by atoms with Gasteiger partial charge < -0.3 is 5.11 Å². The molecule has 0 radical (unpaired) electrons. The highest BCUT2D eigenvalue weighted by atomic mass is 16.3. The van der Waals surface area contributed by atoms with Crippen LogP contribution in [-0.2, 0) is 0 Å². The number of hydrogen-bond acceptors (Lipinski definition) is 1. The van der Waals surface area contributed by atoms with Crippen molar-refractivity contribution in [3.63, 3.8) is 0 Å². The fourth-order valence-corrected chi connectivity index (χ4v) is 6.80. The Balaban J connectivity index is 1.65. The Labute approximate surface area is 180 Å². The molecule has 1 nitrogen and oxygen atoms in total. The van der Waals surface area contributed by atoms with Crippen molar-refractivity contribution in [2.45, 2.75) is 117 Å². The Morgan fingerprint density at radius 3 is 2.66 bits per heavy atom. The van der Waals surface area contributed by atoms with Crippen LogP contribution in [0.1, 0.15) is 111 Å². The van der Waals surface area contributed by atoms with Crippen LogP contribution in [0.4, 0.5) is 0 Å².